The predicted octanol–water partition coefficient (Wildman–Crippen LogP) is 13.2. The van der Waals surface area contributed by atoms with Gasteiger partial charge in [-0.1, -0.05) is 140 Å². The highest BCUT2D eigenvalue weighted by atomic mass is 15.0. The number of allylic oxidation sites excluding steroid dienone is 3. The third kappa shape index (κ3) is 5.25. The van der Waals surface area contributed by atoms with E-state index in [2.05, 4.69) is 172 Å². The lowest BCUT2D eigenvalue weighted by Crippen LogP contribution is -2.00. The van der Waals surface area contributed by atoms with Gasteiger partial charge in [-0.3, -0.25) is 4.98 Å². The first kappa shape index (κ1) is 33.6. The van der Waals surface area contributed by atoms with Crippen molar-refractivity contribution in [1.82, 2.24) is 18.9 Å². The summed E-state index contributed by atoms with van der Waals surface area (Å²) >= 11 is 0. The van der Waals surface area contributed by atoms with E-state index in [0.29, 0.717) is 0 Å². The second-order valence-electron chi connectivity index (χ2n) is 14.8. The van der Waals surface area contributed by atoms with E-state index in [1.807, 2.05) is 31.3 Å². The lowest BCUT2D eigenvalue weighted by atomic mass is 10.0. The summed E-state index contributed by atoms with van der Waals surface area (Å²) in [6.45, 7) is 2.00. The first-order valence-corrected chi connectivity index (χ1v) is 19.6. The first-order valence-electron chi connectivity index (χ1n) is 19.6. The van der Waals surface area contributed by atoms with E-state index in [1.54, 1.807) is 12.4 Å². The van der Waals surface area contributed by atoms with Crippen LogP contribution in [0.5, 0.6) is 0 Å². The Morgan fingerprint density at radius 1 is 0.534 bits per heavy atom. The van der Waals surface area contributed by atoms with Gasteiger partial charge in [0.05, 0.1) is 44.7 Å². The van der Waals surface area contributed by atoms with Crippen molar-refractivity contribution in [2.24, 2.45) is 5.73 Å². The van der Waals surface area contributed by atoms with Gasteiger partial charge in [-0.2, -0.15) is 0 Å². The first-order chi connectivity index (χ1) is 28.7. The average Bonchev–Trinajstić information content (AvgIpc) is 3.85. The number of para-hydroxylation sites is 2. The fourth-order valence-electron chi connectivity index (χ4n) is 8.86. The second kappa shape index (κ2) is 13.5. The van der Waals surface area contributed by atoms with Crippen LogP contribution in [0.1, 0.15) is 12.5 Å². The molecule has 0 saturated carbocycles. The SMILES string of the molecule is C/C=C\C(=C/N)c1ccc(-c2cc(-n3c4ccccc4c4ccc5cc6c7ccccc7c7ccccc7n6c5c43)cc(-c3ccc(-c4cccnc4)cc3)n2)cc1. The summed E-state index contributed by atoms with van der Waals surface area (Å²) in [5, 5.41) is 7.33. The lowest BCUT2D eigenvalue weighted by Gasteiger charge is -2.15. The molecule has 58 heavy (non-hydrogen) atoms. The monoisotopic (exact) mass is 743 g/mol. The molecule has 0 aliphatic heterocycles. The highest BCUT2D eigenvalue weighted by Crippen LogP contribution is 2.42. The van der Waals surface area contributed by atoms with Gasteiger partial charge in [0.2, 0.25) is 0 Å². The van der Waals surface area contributed by atoms with Gasteiger partial charge in [0, 0.05) is 56.7 Å². The largest absolute Gasteiger partial charge is 0.404 e. The Bertz CT molecular complexity index is 3440. The van der Waals surface area contributed by atoms with Crippen molar-refractivity contribution in [2.75, 3.05) is 0 Å². The fourth-order valence-corrected chi connectivity index (χ4v) is 8.86. The molecule has 5 heteroatoms. The average molecular weight is 744 g/mol. The molecule has 0 unspecified atom stereocenters. The van der Waals surface area contributed by atoms with Gasteiger partial charge in [-0.25, -0.2) is 4.98 Å². The fraction of sp³-hybridized carbons (Fsp3) is 0.0189. The van der Waals surface area contributed by atoms with E-state index in [-0.39, 0.29) is 0 Å². The van der Waals surface area contributed by atoms with Crippen molar-refractivity contribution < 1.29 is 0 Å². The number of hydrogen-bond donors (Lipinski definition) is 1. The van der Waals surface area contributed by atoms with Gasteiger partial charge in [0.15, 0.2) is 0 Å². The maximum atomic E-state index is 6.03. The number of nitrogens with zero attached hydrogens (tertiary/aromatic N) is 4. The van der Waals surface area contributed by atoms with Crippen molar-refractivity contribution >= 4 is 65.5 Å². The number of fused-ring (bicyclic) bond motifs is 12. The molecule has 0 atom stereocenters. The van der Waals surface area contributed by atoms with E-state index >= 15 is 0 Å². The molecule has 0 radical (unpaired) electrons. The number of aromatic nitrogens is 4. The molecule has 0 aliphatic carbocycles. The van der Waals surface area contributed by atoms with Crippen LogP contribution in [0.25, 0.3) is 105 Å². The van der Waals surface area contributed by atoms with Crippen molar-refractivity contribution in [2.45, 2.75) is 6.92 Å². The molecule has 5 heterocycles. The summed E-state index contributed by atoms with van der Waals surface area (Å²) in [7, 11) is 0. The van der Waals surface area contributed by atoms with E-state index in [1.165, 1.54) is 48.9 Å². The number of pyridine rings is 3. The van der Waals surface area contributed by atoms with E-state index < -0.39 is 0 Å². The Balaban J connectivity index is 1.22. The van der Waals surface area contributed by atoms with Crippen LogP contribution in [-0.4, -0.2) is 18.9 Å². The number of benzene rings is 6. The van der Waals surface area contributed by atoms with Crippen molar-refractivity contribution in [3.63, 3.8) is 0 Å². The molecule has 11 aromatic rings. The Kier molecular flexibility index (Phi) is 7.79. The molecule has 0 spiro atoms. The third-order valence-corrected chi connectivity index (χ3v) is 11.5. The van der Waals surface area contributed by atoms with Crippen molar-refractivity contribution in [3.05, 3.63) is 200 Å². The lowest BCUT2D eigenvalue weighted by molar-refractivity contribution is 1.16. The van der Waals surface area contributed by atoms with Gasteiger partial charge >= 0.3 is 0 Å². The Morgan fingerprint density at radius 3 is 1.83 bits per heavy atom. The van der Waals surface area contributed by atoms with Crippen LogP contribution in [0.2, 0.25) is 0 Å². The molecule has 0 bridgehead atoms. The molecule has 0 amide bonds. The van der Waals surface area contributed by atoms with Gasteiger partial charge in [-0.15, -0.1) is 0 Å². The normalized spacial score (nSPS) is 12.3. The van der Waals surface area contributed by atoms with Crippen LogP contribution in [-0.2, 0) is 0 Å². The van der Waals surface area contributed by atoms with Crippen LogP contribution >= 0.6 is 0 Å². The summed E-state index contributed by atoms with van der Waals surface area (Å²) in [5.41, 5.74) is 21.0. The van der Waals surface area contributed by atoms with Gasteiger partial charge in [0.1, 0.15) is 0 Å². The van der Waals surface area contributed by atoms with E-state index in [4.69, 9.17) is 10.7 Å². The molecule has 2 N–H and O–H groups in total. The molecule has 11 rings (SSSR count). The number of nitrogens with two attached hydrogens (primary N) is 1. The molecule has 0 aliphatic rings. The molecular formula is C53H37N5. The summed E-state index contributed by atoms with van der Waals surface area (Å²) in [6, 6.07) is 59.0. The minimum atomic E-state index is 0.884. The van der Waals surface area contributed by atoms with Crippen LogP contribution in [0.4, 0.5) is 0 Å². The van der Waals surface area contributed by atoms with Crippen LogP contribution < -0.4 is 5.73 Å². The Labute approximate surface area is 335 Å². The molecule has 6 aromatic carbocycles. The summed E-state index contributed by atoms with van der Waals surface area (Å²) in [6.07, 6.45) is 9.39. The molecule has 274 valence electrons. The summed E-state index contributed by atoms with van der Waals surface area (Å²) < 4.78 is 4.94. The summed E-state index contributed by atoms with van der Waals surface area (Å²) in [4.78, 5) is 9.72. The highest BCUT2D eigenvalue weighted by Gasteiger charge is 2.21. The smallest absolute Gasteiger partial charge is 0.0788 e. The van der Waals surface area contributed by atoms with E-state index in [0.717, 1.165) is 61.5 Å². The zero-order valence-electron chi connectivity index (χ0n) is 31.8. The van der Waals surface area contributed by atoms with Gasteiger partial charge in [-0.05, 0) is 71.0 Å². The summed E-state index contributed by atoms with van der Waals surface area (Å²) in [5.74, 6) is 0. The van der Waals surface area contributed by atoms with Crippen LogP contribution in [0, 0.1) is 0 Å². The zero-order valence-corrected chi connectivity index (χ0v) is 31.8. The maximum Gasteiger partial charge on any atom is 0.0788 e. The molecule has 5 aromatic heterocycles. The molecular weight excluding hydrogens is 707 g/mol. The minimum absolute atomic E-state index is 0.884. The predicted molar refractivity (Wildman–Crippen MR) is 243 cm³/mol. The quantitative estimate of drug-likeness (QED) is 0.136. The Hall–Kier alpha value is -7.76. The second-order valence-corrected chi connectivity index (χ2v) is 14.8. The van der Waals surface area contributed by atoms with Crippen LogP contribution in [0.15, 0.2) is 195 Å². The zero-order chi connectivity index (χ0) is 38.7. The molecule has 0 saturated heterocycles. The number of rotatable bonds is 6. The van der Waals surface area contributed by atoms with Crippen LogP contribution in [0.3, 0.4) is 0 Å². The minimum Gasteiger partial charge on any atom is -0.404 e. The van der Waals surface area contributed by atoms with Gasteiger partial charge < -0.3 is 14.7 Å². The van der Waals surface area contributed by atoms with Crippen molar-refractivity contribution in [3.8, 4) is 39.3 Å². The van der Waals surface area contributed by atoms with Crippen molar-refractivity contribution in [1.29, 1.82) is 0 Å². The standard InChI is InChI=1S/C53H37N5/c1-2-10-39(32-54)34-18-22-36(23-19-34)47-30-41(31-48(56-47)37-24-20-35(21-25-37)40-11-9-28-55-33-40)57-49-16-7-6-15-45(49)46-27-26-38-29-51-44-14-4-3-12-42(44)43-13-5-8-17-50(43)58(51)52(38)53(46)57/h2-33H,54H2,1H3/b10-2-,39-32+. The third-order valence-electron chi connectivity index (χ3n) is 11.5. The molecule has 0 fully saturated rings. The molecule has 5 nitrogen and oxygen atoms in total. The van der Waals surface area contributed by atoms with Gasteiger partial charge in [0.25, 0.3) is 0 Å². The maximum absolute atomic E-state index is 6.03. The highest BCUT2D eigenvalue weighted by molar-refractivity contribution is 6.22. The Morgan fingerprint density at radius 2 is 1.16 bits per heavy atom. The number of hydrogen-bond acceptors (Lipinski definition) is 3. The topological polar surface area (TPSA) is 61.1 Å². The van der Waals surface area contributed by atoms with E-state index in [9.17, 15) is 0 Å².